The highest BCUT2D eigenvalue weighted by atomic mass is 35.5. The minimum atomic E-state index is -2.77. The summed E-state index contributed by atoms with van der Waals surface area (Å²) < 4.78 is 0. The van der Waals surface area contributed by atoms with E-state index in [0.29, 0.717) is 17.8 Å². The smallest absolute Gasteiger partial charge is 0.260 e. The highest BCUT2D eigenvalue weighted by Gasteiger charge is 2.64. The molecule has 3 aliphatic carbocycles. The molecule has 2 amide bonds. The highest BCUT2D eigenvalue weighted by molar-refractivity contribution is 6.27. The lowest BCUT2D eigenvalue weighted by Crippen LogP contribution is -2.65. The average molecular weight is 663 g/mol. The number of aliphatic hydroxyl groups is 4. The van der Waals surface area contributed by atoms with Gasteiger partial charge < -0.3 is 40.6 Å². The third-order valence-corrected chi connectivity index (χ3v) is 9.20. The van der Waals surface area contributed by atoms with Crippen LogP contribution in [-0.2, 0) is 32.1 Å². The van der Waals surface area contributed by atoms with Gasteiger partial charge in [0.25, 0.3) is 5.91 Å². The molecule has 0 bridgehead atoms. The number of benzene rings is 1. The fraction of sp³-hybridized carbons (Fsp3) is 0.562. The van der Waals surface area contributed by atoms with E-state index in [0.717, 1.165) is 0 Å². The summed E-state index contributed by atoms with van der Waals surface area (Å²) in [5.41, 5.74) is -2.81. The molecule has 0 saturated heterocycles. The molecule has 0 radical (unpaired) electrons. The Morgan fingerprint density at radius 2 is 1.74 bits per heavy atom. The number of carbonyl (C=O) groups excluding carboxylic acids is 4. The predicted octanol–water partition coefficient (Wildman–Crippen LogP) is 1.22. The van der Waals surface area contributed by atoms with Crippen molar-refractivity contribution < 1.29 is 44.7 Å². The third kappa shape index (κ3) is 5.74. The van der Waals surface area contributed by atoms with Gasteiger partial charge in [-0.15, -0.1) is 11.6 Å². The minimum absolute atomic E-state index is 0.0341. The van der Waals surface area contributed by atoms with E-state index < -0.39 is 64.8 Å². The molecule has 0 aliphatic heterocycles. The second kappa shape index (κ2) is 12.5. The Morgan fingerprint density at radius 1 is 1.11 bits per heavy atom. The maximum atomic E-state index is 14.3. The second-order valence-electron chi connectivity index (χ2n) is 13.9. The van der Waals surface area contributed by atoms with Gasteiger partial charge in [-0.3, -0.25) is 24.1 Å². The number of phenolic OH excluding ortho intramolecular Hbond substituents is 1. The zero-order valence-electron chi connectivity index (χ0n) is 27.1. The normalized spacial score (nSPS) is 24.5. The molecule has 4 rings (SSSR count). The number of phenols is 1. The van der Waals surface area contributed by atoms with Crippen molar-refractivity contribution in [1.29, 1.82) is 0 Å². The summed E-state index contributed by atoms with van der Waals surface area (Å²) in [6.07, 6.45) is 0.102. The second-order valence-corrected chi connectivity index (χ2v) is 14.1. The van der Waals surface area contributed by atoms with Crippen LogP contribution in [0, 0.1) is 17.3 Å². The van der Waals surface area contributed by atoms with Crippen LogP contribution in [-0.4, -0.2) is 118 Å². The zero-order chi connectivity index (χ0) is 34.6. The maximum absolute atomic E-state index is 14.3. The summed E-state index contributed by atoms with van der Waals surface area (Å²) in [7, 11) is 6.63. The number of amides is 2. The molecule has 252 valence electrons. The van der Waals surface area contributed by atoms with Crippen molar-refractivity contribution >= 4 is 46.4 Å². The number of halogens is 1. The van der Waals surface area contributed by atoms with Gasteiger partial charge in [-0.2, -0.15) is 0 Å². The number of alkyl halides is 1. The third-order valence-electron chi connectivity index (χ3n) is 8.97. The molecule has 1 fully saturated rings. The van der Waals surface area contributed by atoms with Gasteiger partial charge >= 0.3 is 0 Å². The first-order valence-electron chi connectivity index (χ1n) is 14.9. The molecule has 4 atom stereocenters. The number of nitrogens with one attached hydrogen (secondary N) is 1. The van der Waals surface area contributed by atoms with Crippen molar-refractivity contribution in [3.8, 4) is 5.75 Å². The van der Waals surface area contributed by atoms with Crippen molar-refractivity contribution in [1.82, 2.24) is 15.1 Å². The molecule has 0 heterocycles. The lowest BCUT2D eigenvalue weighted by atomic mass is 9.57. The van der Waals surface area contributed by atoms with Crippen molar-refractivity contribution in [2.75, 3.05) is 52.2 Å². The van der Waals surface area contributed by atoms with E-state index in [4.69, 9.17) is 11.6 Å². The Morgan fingerprint density at radius 3 is 2.26 bits per heavy atom. The Kier molecular flexibility index (Phi) is 9.58. The number of aliphatic hydroxyl groups excluding tert-OH is 3. The molecule has 3 aliphatic rings. The molecule has 1 aromatic carbocycles. The van der Waals surface area contributed by atoms with Gasteiger partial charge in [-0.05, 0) is 49.9 Å². The van der Waals surface area contributed by atoms with E-state index in [1.807, 2.05) is 26.1 Å². The molecule has 0 unspecified atom stereocenters. The quantitative estimate of drug-likeness (QED) is 0.133. The van der Waals surface area contributed by atoms with Crippen molar-refractivity contribution in [3.05, 3.63) is 39.7 Å². The summed E-state index contributed by atoms with van der Waals surface area (Å²) in [5.74, 6) is -7.79. The van der Waals surface area contributed by atoms with Crippen LogP contribution in [0.1, 0.15) is 43.9 Å². The SMILES string of the molecule is CN(C)c1cc(CN(CC(C)(C)C)C(=O)CCl)c(O)c2c1C[C@H]1C[C@H]3[C@H](N(C)C)C(=O)C(C(=O)NCO)=C(O)[C@@]3(O)C(=O)C1=C2O. The van der Waals surface area contributed by atoms with E-state index >= 15 is 0 Å². The Hall–Kier alpha value is -3.65. The largest absolute Gasteiger partial charge is 0.508 e. The number of hydrogen-bond donors (Lipinski definition) is 6. The molecule has 14 heteroatoms. The number of rotatable bonds is 8. The van der Waals surface area contributed by atoms with Crippen LogP contribution >= 0.6 is 11.6 Å². The summed E-state index contributed by atoms with van der Waals surface area (Å²) in [4.78, 5) is 58.1. The first-order chi connectivity index (χ1) is 21.3. The lowest BCUT2D eigenvalue weighted by Gasteiger charge is -2.50. The number of aromatic hydroxyl groups is 1. The van der Waals surface area contributed by atoms with Gasteiger partial charge in [0.05, 0.1) is 11.6 Å². The summed E-state index contributed by atoms with van der Waals surface area (Å²) in [5, 5.41) is 57.9. The molecule has 46 heavy (non-hydrogen) atoms. The monoisotopic (exact) mass is 662 g/mol. The summed E-state index contributed by atoms with van der Waals surface area (Å²) in [6.45, 7) is 5.25. The first kappa shape index (κ1) is 35.2. The van der Waals surface area contributed by atoms with Crippen LogP contribution in [0.25, 0.3) is 5.76 Å². The molecular weight excluding hydrogens is 620 g/mol. The number of Topliss-reactive ketones (excluding diaryl/α,β-unsaturated/α-hetero) is 2. The van der Waals surface area contributed by atoms with E-state index in [-0.39, 0.29) is 59.0 Å². The first-order valence-corrected chi connectivity index (χ1v) is 15.5. The molecule has 0 spiro atoms. The zero-order valence-corrected chi connectivity index (χ0v) is 27.9. The van der Waals surface area contributed by atoms with Gasteiger partial charge in [0.2, 0.25) is 11.7 Å². The Labute approximate surface area is 272 Å². The van der Waals surface area contributed by atoms with Crippen molar-refractivity contribution in [3.63, 3.8) is 0 Å². The minimum Gasteiger partial charge on any atom is -0.508 e. The van der Waals surface area contributed by atoms with Gasteiger partial charge in [0.1, 0.15) is 35.5 Å². The lowest BCUT2D eigenvalue weighted by molar-refractivity contribution is -0.154. The Balaban J connectivity index is 1.94. The average Bonchev–Trinajstić information content (AvgIpc) is 2.94. The number of carbonyl (C=O) groups is 4. The standard InChI is InChI=1S/C32H43ClN4O9/c1-31(2,3)13-37(20(39)11-33)12-16-10-19(35(4)5)17-8-15-9-18-24(36(6)7)27(42)23(30(45)34-14-38)29(44)32(18,46)28(43)21(15)26(41)22(17)25(16)40/h10,15,18,24,38,40-41,44,46H,8-9,11-14H2,1-7H3,(H,34,45)/t15-,18-,24-,32-/m0/s1. The summed E-state index contributed by atoms with van der Waals surface area (Å²) >= 11 is 5.90. The number of likely N-dealkylation sites (N-methyl/N-ethyl adjacent to an activating group) is 1. The van der Waals surface area contributed by atoms with Crippen LogP contribution in [0.3, 0.4) is 0 Å². The number of hydrogen-bond acceptors (Lipinski definition) is 11. The van der Waals surface area contributed by atoms with Gasteiger partial charge in [-0.25, -0.2) is 0 Å². The molecule has 13 nitrogen and oxygen atoms in total. The maximum Gasteiger partial charge on any atom is 0.260 e. The number of anilines is 1. The van der Waals surface area contributed by atoms with Gasteiger partial charge in [-0.1, -0.05) is 20.8 Å². The number of nitrogens with zero attached hydrogens (tertiary/aromatic N) is 3. The molecule has 1 aromatic rings. The topological polar surface area (TPSA) is 191 Å². The summed E-state index contributed by atoms with van der Waals surface area (Å²) in [6, 6.07) is 0.518. The van der Waals surface area contributed by atoms with E-state index in [1.54, 1.807) is 25.1 Å². The van der Waals surface area contributed by atoms with E-state index in [9.17, 15) is 44.7 Å². The van der Waals surface area contributed by atoms with Crippen molar-refractivity contribution in [2.24, 2.45) is 17.3 Å². The van der Waals surface area contributed by atoms with Crippen molar-refractivity contribution in [2.45, 2.75) is 51.8 Å². The van der Waals surface area contributed by atoms with Crippen LogP contribution in [0.2, 0.25) is 0 Å². The van der Waals surface area contributed by atoms with Crippen LogP contribution in [0.4, 0.5) is 5.69 Å². The van der Waals surface area contributed by atoms with E-state index in [1.165, 1.54) is 23.9 Å². The fourth-order valence-electron chi connectivity index (χ4n) is 7.10. The molecule has 6 N–H and O–H groups in total. The predicted molar refractivity (Wildman–Crippen MR) is 170 cm³/mol. The van der Waals surface area contributed by atoms with Gasteiger partial charge in [0.15, 0.2) is 11.4 Å². The number of ketones is 2. The molecule has 0 aromatic heterocycles. The van der Waals surface area contributed by atoms with Crippen LogP contribution < -0.4 is 10.2 Å². The Bertz CT molecular complexity index is 1540. The fourth-order valence-corrected chi connectivity index (χ4v) is 7.27. The molecular formula is C32H43ClN4O9. The highest BCUT2D eigenvalue weighted by Crippen LogP contribution is 2.54. The number of fused-ring (bicyclic) bond motifs is 3. The van der Waals surface area contributed by atoms with Crippen LogP contribution in [0.15, 0.2) is 23.0 Å². The van der Waals surface area contributed by atoms with Gasteiger partial charge in [0, 0.05) is 49.9 Å². The van der Waals surface area contributed by atoms with E-state index in [2.05, 4.69) is 0 Å². The van der Waals surface area contributed by atoms with Crippen LogP contribution in [0.5, 0.6) is 5.75 Å². The molecule has 1 saturated carbocycles.